The van der Waals surface area contributed by atoms with Gasteiger partial charge in [-0.25, -0.2) is 0 Å². The van der Waals surface area contributed by atoms with Gasteiger partial charge < -0.3 is 0 Å². The second kappa shape index (κ2) is 4.88. The fourth-order valence-corrected chi connectivity index (χ4v) is 0.915. The van der Waals surface area contributed by atoms with Gasteiger partial charge in [0, 0.05) is 0 Å². The molecule has 0 rings (SSSR count). The third-order valence-electron chi connectivity index (χ3n) is 1.81. The predicted octanol–water partition coefficient (Wildman–Crippen LogP) is 3.69. The van der Waals surface area contributed by atoms with Crippen LogP contribution >= 0.6 is 0 Å². The predicted molar refractivity (Wildman–Crippen MR) is 34.9 cm³/mol. The Balaban J connectivity index is 6.21. The molecule has 0 atom stereocenters. The van der Waals surface area contributed by atoms with E-state index in [0.29, 0.717) is 0 Å². The summed E-state index contributed by atoms with van der Waals surface area (Å²) in [5.41, 5.74) is 0. The van der Waals surface area contributed by atoms with Gasteiger partial charge in [0.2, 0.25) is 0 Å². The topological polar surface area (TPSA) is 20.3 Å². The van der Waals surface area contributed by atoms with E-state index in [-0.39, 0.29) is 0 Å². The van der Waals surface area contributed by atoms with Gasteiger partial charge in [0.05, 0.1) is 0 Å². The van der Waals surface area contributed by atoms with E-state index >= 15 is 0 Å². The van der Waals surface area contributed by atoms with E-state index < -0.39 is 41.4 Å². The first-order valence-electron chi connectivity index (χ1n) is 4.08. The van der Waals surface area contributed by atoms with Crippen molar-refractivity contribution in [2.45, 2.75) is 30.5 Å². The average molecular weight is 349 g/mol. The Labute approximate surface area is 105 Å². The Morgan fingerprint density at radius 1 is 0.667 bits per heavy atom. The molecule has 0 amide bonds. The second-order valence-electron chi connectivity index (χ2n) is 3.23. The third-order valence-corrected chi connectivity index (χ3v) is 1.81. The molecule has 0 aliphatic carbocycles. The van der Waals surface area contributed by atoms with Crippen LogP contribution in [-0.4, -0.2) is 41.4 Å². The van der Waals surface area contributed by atoms with E-state index in [2.05, 4.69) is 0 Å². The summed E-state index contributed by atoms with van der Waals surface area (Å²) in [7, 11) is 0. The summed E-state index contributed by atoms with van der Waals surface area (Å²) in [6, 6.07) is -12.3. The molecular weight excluding hydrogens is 349 g/mol. The minimum atomic E-state index is -7.71. The van der Waals surface area contributed by atoms with Gasteiger partial charge in [-0.05, 0) is 0 Å². The maximum absolute atomic E-state index is 12.7. The van der Waals surface area contributed by atoms with E-state index in [4.69, 9.17) is 0 Å². The highest BCUT2D eigenvalue weighted by Crippen LogP contribution is 2.53. The summed E-state index contributed by atoms with van der Waals surface area (Å²) in [5, 5.41) is 0. The Kier molecular flexibility index (Phi) is 4.58. The van der Waals surface area contributed by atoms with Gasteiger partial charge in [-0.1, -0.05) is 4.90 Å². The minimum absolute atomic E-state index is 4.16. The van der Waals surface area contributed by atoms with Crippen molar-refractivity contribution in [1.82, 2.24) is 4.90 Å². The van der Waals surface area contributed by atoms with Crippen LogP contribution in [0.1, 0.15) is 0 Å². The van der Waals surface area contributed by atoms with Gasteiger partial charge in [0.15, 0.2) is 0 Å². The molecule has 2 nitrogen and oxygen atoms in total. The first-order valence-corrected chi connectivity index (χ1v) is 4.08. The molecule has 126 valence electrons. The van der Waals surface area contributed by atoms with Crippen LogP contribution < -0.4 is 0 Å². The van der Waals surface area contributed by atoms with Crippen molar-refractivity contribution in [2.24, 2.45) is 0 Å². The summed E-state index contributed by atoms with van der Waals surface area (Å²) in [6.45, 7) is 0. The van der Waals surface area contributed by atoms with Crippen molar-refractivity contribution in [1.29, 1.82) is 0 Å². The second-order valence-corrected chi connectivity index (χ2v) is 3.23. The molecule has 0 aromatic carbocycles. The average Bonchev–Trinajstić information content (AvgIpc) is 2.10. The molecule has 0 aromatic heterocycles. The van der Waals surface area contributed by atoms with Gasteiger partial charge >= 0.3 is 36.5 Å². The Hall–Kier alpha value is -1.28. The summed E-state index contributed by atoms with van der Waals surface area (Å²) in [6.07, 6.45) is -14.6. The van der Waals surface area contributed by atoms with Crippen LogP contribution in [0.4, 0.5) is 57.1 Å². The number of alkyl halides is 12. The van der Waals surface area contributed by atoms with Crippen LogP contribution in [0, 0.1) is 0 Å². The molecule has 0 saturated heterocycles. The van der Waals surface area contributed by atoms with Gasteiger partial charge in [0.25, 0.3) is 0 Å². The lowest BCUT2D eigenvalue weighted by molar-refractivity contribution is -0.481. The highest BCUT2D eigenvalue weighted by molar-refractivity contribution is 5.77. The molecule has 15 heteroatoms. The highest BCUT2D eigenvalue weighted by Gasteiger charge is 2.83. The van der Waals surface area contributed by atoms with Crippen LogP contribution in [0.25, 0.3) is 0 Å². The van der Waals surface area contributed by atoms with Crippen LogP contribution in [-0.2, 0) is 4.79 Å². The van der Waals surface area contributed by atoms with E-state index in [9.17, 15) is 61.9 Å². The summed E-state index contributed by atoms with van der Waals surface area (Å²) in [5.74, 6) is -14.8. The van der Waals surface area contributed by atoms with Crippen molar-refractivity contribution in [3.63, 3.8) is 0 Å². The minimum Gasteiger partial charge on any atom is -0.254 e. The number of hydrogen-bond acceptors (Lipinski definition) is 2. The Bertz CT molecular complexity index is 392. The number of rotatable bonds is 4. The molecule has 0 heterocycles. The molecule has 0 aliphatic heterocycles. The molecule has 0 N–H and O–H groups in total. The molecule has 0 radical (unpaired) electrons. The molecule has 0 saturated carbocycles. The van der Waals surface area contributed by atoms with E-state index in [1.54, 1.807) is 0 Å². The summed E-state index contributed by atoms with van der Waals surface area (Å²) in [4.78, 5) is 5.31. The normalized spacial score (nSPS) is 15.5. The van der Waals surface area contributed by atoms with E-state index in [1.807, 2.05) is 0 Å². The number of carbonyl (C=O) groups is 1. The third kappa shape index (κ3) is 3.16. The van der Waals surface area contributed by atoms with Gasteiger partial charge in [-0.15, -0.1) is 0 Å². The zero-order valence-electron chi connectivity index (χ0n) is 8.77. The Morgan fingerprint density at radius 3 is 1.14 bits per heavy atom. The fourth-order valence-electron chi connectivity index (χ4n) is 0.915. The zero-order valence-corrected chi connectivity index (χ0v) is 8.77. The van der Waals surface area contributed by atoms with Crippen LogP contribution in [0.3, 0.4) is 0 Å². The summed E-state index contributed by atoms with van der Waals surface area (Å²) < 4.78 is 157. The fraction of sp³-hybridized carbons (Fsp3) is 0.833. The van der Waals surface area contributed by atoms with Crippen LogP contribution in [0.5, 0.6) is 0 Å². The molecule has 0 bridgehead atoms. The van der Waals surface area contributed by atoms with E-state index in [0.717, 1.165) is 0 Å². The smallest absolute Gasteiger partial charge is 0.254 e. The standard InChI is InChI=1S/C6F13NO/c7-1(21)2(8,9)3(10,11)4(12,13)20(5(14,15)16)6(17,18)19. The maximum atomic E-state index is 12.7. The van der Waals surface area contributed by atoms with Crippen molar-refractivity contribution in [3.05, 3.63) is 0 Å². The van der Waals surface area contributed by atoms with Crippen molar-refractivity contribution in [2.75, 3.05) is 0 Å². The number of nitrogens with zero attached hydrogens (tertiary/aromatic N) is 1. The molecule has 0 aliphatic rings. The zero-order chi connectivity index (χ0) is 17.7. The largest absolute Gasteiger partial charge is 0.472 e. The van der Waals surface area contributed by atoms with Crippen LogP contribution in [0.15, 0.2) is 0 Å². The van der Waals surface area contributed by atoms with Crippen molar-refractivity contribution in [3.8, 4) is 0 Å². The van der Waals surface area contributed by atoms with Crippen molar-refractivity contribution >= 4 is 6.04 Å². The first-order chi connectivity index (χ1) is 8.81. The Morgan fingerprint density at radius 2 is 0.952 bits per heavy atom. The monoisotopic (exact) mass is 349 g/mol. The first kappa shape index (κ1) is 19.7. The van der Waals surface area contributed by atoms with Crippen LogP contribution in [0.2, 0.25) is 0 Å². The number of hydrogen-bond donors (Lipinski definition) is 0. The molecule has 0 fully saturated rings. The van der Waals surface area contributed by atoms with Gasteiger partial charge in [-0.3, -0.25) is 4.79 Å². The highest BCUT2D eigenvalue weighted by atomic mass is 19.4. The van der Waals surface area contributed by atoms with E-state index in [1.165, 1.54) is 0 Å². The molecule has 0 spiro atoms. The lowest BCUT2D eigenvalue weighted by Crippen LogP contribution is -2.69. The van der Waals surface area contributed by atoms with Crippen molar-refractivity contribution < 1.29 is 61.9 Å². The SMILES string of the molecule is O=C(F)C(F)(F)C(F)(F)C(F)(F)N(C(F)(F)F)C(F)(F)F. The lowest BCUT2D eigenvalue weighted by Gasteiger charge is -2.38. The number of halogens is 13. The summed E-state index contributed by atoms with van der Waals surface area (Å²) >= 11 is 0. The molecule has 21 heavy (non-hydrogen) atoms. The number of carbonyl (C=O) groups excluding carboxylic acids is 1. The molecule has 0 aromatic rings. The van der Waals surface area contributed by atoms with Gasteiger partial charge in [-0.2, -0.15) is 57.1 Å². The molecule has 0 unspecified atom stereocenters. The maximum Gasteiger partial charge on any atom is 0.472 e. The molecular formula is C6F13NO. The quantitative estimate of drug-likeness (QED) is 0.438. The van der Waals surface area contributed by atoms with Gasteiger partial charge in [0.1, 0.15) is 0 Å². The lowest BCUT2D eigenvalue weighted by atomic mass is 10.1.